The van der Waals surface area contributed by atoms with Crippen LogP contribution in [-0.4, -0.2) is 15.0 Å². The quantitative estimate of drug-likeness (QED) is 0.809. The molecular formula is C9H11N5S. The van der Waals surface area contributed by atoms with E-state index in [-0.39, 0.29) is 5.95 Å². The van der Waals surface area contributed by atoms with Gasteiger partial charge in [0.05, 0.1) is 5.69 Å². The molecule has 2 aromatic heterocycles. The average molecular weight is 221 g/mol. The SMILES string of the molecule is Cc1nc(Nc2ccnc(N)n2)sc1C. The smallest absolute Gasteiger partial charge is 0.221 e. The van der Waals surface area contributed by atoms with E-state index in [9.17, 15) is 0 Å². The van der Waals surface area contributed by atoms with E-state index in [1.165, 1.54) is 4.88 Å². The molecule has 15 heavy (non-hydrogen) atoms. The first kappa shape index (κ1) is 9.85. The highest BCUT2D eigenvalue weighted by molar-refractivity contribution is 7.15. The summed E-state index contributed by atoms with van der Waals surface area (Å²) in [7, 11) is 0. The molecule has 0 aliphatic rings. The minimum absolute atomic E-state index is 0.255. The Morgan fingerprint density at radius 3 is 2.73 bits per heavy atom. The molecule has 0 bridgehead atoms. The van der Waals surface area contributed by atoms with Crippen molar-refractivity contribution >= 4 is 28.2 Å². The van der Waals surface area contributed by atoms with E-state index >= 15 is 0 Å². The topological polar surface area (TPSA) is 76.7 Å². The van der Waals surface area contributed by atoms with E-state index < -0.39 is 0 Å². The summed E-state index contributed by atoms with van der Waals surface area (Å²) in [4.78, 5) is 13.4. The fraction of sp³-hybridized carbons (Fsp3) is 0.222. The first-order valence-corrected chi connectivity index (χ1v) is 5.26. The van der Waals surface area contributed by atoms with E-state index in [1.807, 2.05) is 13.8 Å². The number of thiazole rings is 1. The van der Waals surface area contributed by atoms with Crippen LogP contribution in [0.5, 0.6) is 0 Å². The first-order valence-electron chi connectivity index (χ1n) is 4.45. The molecule has 78 valence electrons. The number of nitrogens with one attached hydrogen (secondary N) is 1. The Balaban J connectivity index is 2.22. The van der Waals surface area contributed by atoms with Gasteiger partial charge < -0.3 is 11.1 Å². The fourth-order valence-electron chi connectivity index (χ4n) is 1.08. The van der Waals surface area contributed by atoms with Crippen molar-refractivity contribution in [1.29, 1.82) is 0 Å². The number of hydrogen-bond acceptors (Lipinski definition) is 6. The van der Waals surface area contributed by atoms with Crippen molar-refractivity contribution < 1.29 is 0 Å². The van der Waals surface area contributed by atoms with Crippen molar-refractivity contribution in [3.8, 4) is 0 Å². The van der Waals surface area contributed by atoms with E-state index in [0.717, 1.165) is 10.8 Å². The number of nitrogen functional groups attached to an aromatic ring is 1. The second kappa shape index (κ2) is 3.82. The minimum Gasteiger partial charge on any atom is -0.368 e. The second-order valence-electron chi connectivity index (χ2n) is 3.09. The molecule has 0 atom stereocenters. The van der Waals surface area contributed by atoms with Crippen LogP contribution in [0.4, 0.5) is 16.9 Å². The lowest BCUT2D eigenvalue weighted by molar-refractivity contribution is 1.17. The number of hydrogen-bond donors (Lipinski definition) is 2. The van der Waals surface area contributed by atoms with Crippen molar-refractivity contribution in [3.05, 3.63) is 22.8 Å². The normalized spacial score (nSPS) is 10.3. The molecule has 0 fully saturated rings. The van der Waals surface area contributed by atoms with E-state index in [4.69, 9.17) is 5.73 Å². The van der Waals surface area contributed by atoms with Gasteiger partial charge in [0.1, 0.15) is 5.82 Å². The number of nitrogens with zero attached hydrogens (tertiary/aromatic N) is 3. The molecule has 2 rings (SSSR count). The van der Waals surface area contributed by atoms with Crippen molar-refractivity contribution in [2.24, 2.45) is 0 Å². The van der Waals surface area contributed by atoms with Crippen LogP contribution >= 0.6 is 11.3 Å². The van der Waals surface area contributed by atoms with Crippen molar-refractivity contribution in [2.75, 3.05) is 11.1 Å². The molecule has 2 aromatic rings. The van der Waals surface area contributed by atoms with Crippen LogP contribution in [-0.2, 0) is 0 Å². The summed E-state index contributed by atoms with van der Waals surface area (Å²) in [5.74, 6) is 0.918. The van der Waals surface area contributed by atoms with Crippen LogP contribution in [0.2, 0.25) is 0 Å². The molecule has 0 aliphatic carbocycles. The average Bonchev–Trinajstić information content (AvgIpc) is 2.45. The lowest BCUT2D eigenvalue weighted by Crippen LogP contribution is -1.98. The van der Waals surface area contributed by atoms with Gasteiger partial charge >= 0.3 is 0 Å². The highest BCUT2D eigenvalue weighted by atomic mass is 32.1. The molecule has 0 aliphatic heterocycles. The zero-order chi connectivity index (χ0) is 10.8. The molecule has 5 nitrogen and oxygen atoms in total. The summed E-state index contributed by atoms with van der Waals surface area (Å²) in [6.45, 7) is 4.01. The van der Waals surface area contributed by atoms with Crippen LogP contribution < -0.4 is 11.1 Å². The van der Waals surface area contributed by atoms with Crippen LogP contribution in [0, 0.1) is 13.8 Å². The van der Waals surface area contributed by atoms with Gasteiger partial charge in [-0.1, -0.05) is 0 Å². The fourth-order valence-corrected chi connectivity index (χ4v) is 1.90. The van der Waals surface area contributed by atoms with Crippen LogP contribution in [0.25, 0.3) is 0 Å². The molecular weight excluding hydrogens is 210 g/mol. The van der Waals surface area contributed by atoms with Gasteiger partial charge in [0, 0.05) is 11.1 Å². The summed E-state index contributed by atoms with van der Waals surface area (Å²) in [6.07, 6.45) is 1.61. The van der Waals surface area contributed by atoms with Gasteiger partial charge in [0.15, 0.2) is 5.13 Å². The van der Waals surface area contributed by atoms with Crippen molar-refractivity contribution in [1.82, 2.24) is 15.0 Å². The molecule has 3 N–H and O–H groups in total. The second-order valence-corrected chi connectivity index (χ2v) is 4.29. The molecule has 0 spiro atoms. The Morgan fingerprint density at radius 2 is 2.13 bits per heavy atom. The predicted octanol–water partition coefficient (Wildman–Crippen LogP) is 1.88. The highest BCUT2D eigenvalue weighted by Crippen LogP contribution is 2.23. The molecule has 2 heterocycles. The number of aromatic nitrogens is 3. The van der Waals surface area contributed by atoms with Crippen molar-refractivity contribution in [3.63, 3.8) is 0 Å². The summed E-state index contributed by atoms with van der Waals surface area (Å²) < 4.78 is 0. The van der Waals surface area contributed by atoms with Gasteiger partial charge in [-0.15, -0.1) is 11.3 Å². The maximum Gasteiger partial charge on any atom is 0.221 e. The largest absolute Gasteiger partial charge is 0.368 e. The van der Waals surface area contributed by atoms with Gasteiger partial charge in [-0.25, -0.2) is 9.97 Å². The maximum atomic E-state index is 5.47. The van der Waals surface area contributed by atoms with Crippen LogP contribution in [0.15, 0.2) is 12.3 Å². The highest BCUT2D eigenvalue weighted by Gasteiger charge is 2.04. The molecule has 0 saturated carbocycles. The number of nitrogens with two attached hydrogens (primary N) is 1. The van der Waals surface area contributed by atoms with Gasteiger partial charge in [-0.3, -0.25) is 0 Å². The number of rotatable bonds is 2. The molecule has 0 unspecified atom stereocenters. The zero-order valence-corrected chi connectivity index (χ0v) is 9.30. The standard InChI is InChI=1S/C9H11N5S/c1-5-6(2)15-9(12-5)14-7-3-4-11-8(10)13-7/h3-4H,1-2H3,(H3,10,11,12,13,14). The predicted molar refractivity (Wildman–Crippen MR) is 61.3 cm³/mol. The van der Waals surface area contributed by atoms with Crippen LogP contribution in [0.1, 0.15) is 10.6 Å². The Labute approximate surface area is 91.4 Å². The Morgan fingerprint density at radius 1 is 1.33 bits per heavy atom. The lowest BCUT2D eigenvalue weighted by atomic mass is 10.4. The summed E-state index contributed by atoms with van der Waals surface area (Å²) in [5, 5.41) is 3.90. The van der Waals surface area contributed by atoms with Gasteiger partial charge in [0.2, 0.25) is 5.95 Å². The Kier molecular flexibility index (Phi) is 2.51. The maximum absolute atomic E-state index is 5.47. The summed E-state index contributed by atoms with van der Waals surface area (Å²) in [6, 6.07) is 1.75. The van der Waals surface area contributed by atoms with Gasteiger partial charge in [-0.05, 0) is 19.9 Å². The minimum atomic E-state index is 0.255. The first-order chi connectivity index (χ1) is 7.15. The molecule has 0 aromatic carbocycles. The van der Waals surface area contributed by atoms with E-state index in [1.54, 1.807) is 23.6 Å². The number of aryl methyl sites for hydroxylation is 2. The van der Waals surface area contributed by atoms with Gasteiger partial charge in [0.25, 0.3) is 0 Å². The van der Waals surface area contributed by atoms with E-state index in [2.05, 4.69) is 20.3 Å². The van der Waals surface area contributed by atoms with E-state index in [0.29, 0.717) is 5.82 Å². The molecule has 6 heteroatoms. The monoisotopic (exact) mass is 221 g/mol. The molecule has 0 saturated heterocycles. The third kappa shape index (κ3) is 2.21. The third-order valence-corrected chi connectivity index (χ3v) is 2.93. The lowest BCUT2D eigenvalue weighted by Gasteiger charge is -2.00. The van der Waals surface area contributed by atoms with Crippen LogP contribution in [0.3, 0.4) is 0 Å². The Hall–Kier alpha value is -1.69. The van der Waals surface area contributed by atoms with Gasteiger partial charge in [-0.2, -0.15) is 4.98 Å². The van der Waals surface area contributed by atoms with Crippen molar-refractivity contribution in [2.45, 2.75) is 13.8 Å². The number of anilines is 3. The third-order valence-electron chi connectivity index (χ3n) is 1.94. The summed E-state index contributed by atoms with van der Waals surface area (Å²) in [5.41, 5.74) is 6.50. The Bertz CT molecular complexity index is 460. The summed E-state index contributed by atoms with van der Waals surface area (Å²) >= 11 is 1.59. The molecule has 0 amide bonds. The molecule has 0 radical (unpaired) electrons. The zero-order valence-electron chi connectivity index (χ0n) is 8.48.